The lowest BCUT2D eigenvalue weighted by atomic mass is 10.2. The molecule has 2 heterocycles. The number of H-pyrrole nitrogens is 2. The molecule has 0 spiro atoms. The Morgan fingerprint density at radius 1 is 1.20 bits per heavy atom. The van der Waals surface area contributed by atoms with E-state index in [9.17, 15) is 4.79 Å². The summed E-state index contributed by atoms with van der Waals surface area (Å²) in [6.45, 7) is 0. The van der Waals surface area contributed by atoms with Crippen molar-refractivity contribution in [2.24, 2.45) is 0 Å². The van der Waals surface area contributed by atoms with Gasteiger partial charge >= 0.3 is 5.69 Å². The molecular weight excluding hydrogens is 256 g/mol. The van der Waals surface area contributed by atoms with E-state index in [0.29, 0.717) is 22.7 Å². The van der Waals surface area contributed by atoms with Crippen molar-refractivity contribution < 1.29 is 0 Å². The number of aromatic nitrogens is 4. The van der Waals surface area contributed by atoms with Gasteiger partial charge in [0.1, 0.15) is 17.6 Å². The van der Waals surface area contributed by atoms with Gasteiger partial charge in [-0.1, -0.05) is 0 Å². The summed E-state index contributed by atoms with van der Waals surface area (Å²) < 4.78 is 0. The van der Waals surface area contributed by atoms with Gasteiger partial charge in [-0.3, -0.25) is 0 Å². The Kier molecular flexibility index (Phi) is 2.69. The van der Waals surface area contributed by atoms with Crippen LogP contribution < -0.4 is 11.0 Å². The minimum atomic E-state index is -0.264. The van der Waals surface area contributed by atoms with Crippen LogP contribution in [0.1, 0.15) is 5.69 Å². The summed E-state index contributed by atoms with van der Waals surface area (Å²) in [7, 11) is 1.72. The molecule has 0 bridgehead atoms. The van der Waals surface area contributed by atoms with Crippen molar-refractivity contribution in [1.82, 2.24) is 19.9 Å². The van der Waals surface area contributed by atoms with E-state index in [1.54, 1.807) is 31.3 Å². The summed E-state index contributed by atoms with van der Waals surface area (Å²) >= 11 is 0. The van der Waals surface area contributed by atoms with Crippen LogP contribution in [0.25, 0.3) is 22.4 Å². The van der Waals surface area contributed by atoms with Crippen LogP contribution in [0.4, 0.5) is 5.82 Å². The van der Waals surface area contributed by atoms with Gasteiger partial charge in [-0.05, 0) is 18.2 Å². The maximum absolute atomic E-state index is 11.2. The summed E-state index contributed by atoms with van der Waals surface area (Å²) in [6, 6.07) is 8.90. The molecule has 0 radical (unpaired) electrons. The van der Waals surface area contributed by atoms with Gasteiger partial charge in [-0.25, -0.2) is 14.8 Å². The molecule has 3 N–H and O–H groups in total. The third kappa shape index (κ3) is 1.99. The lowest BCUT2D eigenvalue weighted by Gasteiger charge is -2.04. The smallest absolute Gasteiger partial charge is 0.323 e. The number of nitrogens with one attached hydrogen (secondary N) is 3. The third-order valence-electron chi connectivity index (χ3n) is 2.87. The van der Waals surface area contributed by atoms with Gasteiger partial charge in [-0.15, -0.1) is 0 Å². The quantitative estimate of drug-likeness (QED) is 0.646. The van der Waals surface area contributed by atoms with Crippen LogP contribution in [0.5, 0.6) is 0 Å². The van der Waals surface area contributed by atoms with Gasteiger partial charge in [0.25, 0.3) is 0 Å². The average molecular weight is 266 g/mol. The number of anilines is 1. The minimum absolute atomic E-state index is 0.264. The van der Waals surface area contributed by atoms with Crippen molar-refractivity contribution in [3.05, 3.63) is 40.4 Å². The fourth-order valence-electron chi connectivity index (χ4n) is 1.93. The van der Waals surface area contributed by atoms with Crippen molar-refractivity contribution in [2.75, 3.05) is 12.4 Å². The van der Waals surface area contributed by atoms with Crippen LogP contribution in [0, 0.1) is 11.3 Å². The fourth-order valence-corrected chi connectivity index (χ4v) is 1.93. The molecule has 0 saturated carbocycles. The molecule has 0 atom stereocenters. The van der Waals surface area contributed by atoms with Gasteiger partial charge in [-0.2, -0.15) is 5.26 Å². The first kappa shape index (κ1) is 11.9. The Hall–Kier alpha value is -3.14. The second-order valence-corrected chi connectivity index (χ2v) is 4.16. The third-order valence-corrected chi connectivity index (χ3v) is 2.87. The molecule has 0 saturated heterocycles. The van der Waals surface area contributed by atoms with Crippen molar-refractivity contribution in [3.8, 4) is 17.5 Å². The van der Waals surface area contributed by atoms with Gasteiger partial charge in [0.05, 0.1) is 11.0 Å². The number of benzene rings is 1. The Labute approximate surface area is 113 Å². The van der Waals surface area contributed by atoms with E-state index in [4.69, 9.17) is 5.26 Å². The Balaban J connectivity index is 2.19. The lowest BCUT2D eigenvalue weighted by Crippen LogP contribution is -1.99. The number of hydrogen-bond donors (Lipinski definition) is 3. The lowest BCUT2D eigenvalue weighted by molar-refractivity contribution is 1.14. The highest BCUT2D eigenvalue weighted by Crippen LogP contribution is 2.20. The zero-order valence-electron chi connectivity index (χ0n) is 10.6. The standard InChI is InChI=1S/C13H10N6O/c1-15-11-5-8(6-14)16-12(19-11)7-2-3-9-10(4-7)18-13(20)17-9/h2-5H,1H3,(H,15,16,19)(H2,17,18,20). The highest BCUT2D eigenvalue weighted by atomic mass is 16.1. The predicted molar refractivity (Wildman–Crippen MR) is 74.2 cm³/mol. The van der Waals surface area contributed by atoms with Crippen LogP contribution in [-0.2, 0) is 0 Å². The van der Waals surface area contributed by atoms with Gasteiger partial charge in [0.2, 0.25) is 0 Å². The second kappa shape index (κ2) is 4.51. The molecule has 0 aliphatic rings. The summed E-state index contributed by atoms with van der Waals surface area (Å²) in [4.78, 5) is 25.1. The van der Waals surface area contributed by atoms with Crippen LogP contribution in [0.3, 0.4) is 0 Å². The average Bonchev–Trinajstić information content (AvgIpc) is 2.85. The first-order chi connectivity index (χ1) is 9.69. The number of nitriles is 1. The molecule has 1 aromatic carbocycles. The first-order valence-corrected chi connectivity index (χ1v) is 5.89. The highest BCUT2D eigenvalue weighted by Gasteiger charge is 2.08. The molecule has 3 rings (SSSR count). The van der Waals surface area contributed by atoms with E-state index in [1.165, 1.54) is 0 Å². The summed E-state index contributed by atoms with van der Waals surface area (Å²) in [5.41, 5.74) is 2.12. The fraction of sp³-hybridized carbons (Fsp3) is 0.0769. The molecule has 2 aromatic heterocycles. The first-order valence-electron chi connectivity index (χ1n) is 5.89. The van der Waals surface area contributed by atoms with Crippen LogP contribution in [0.2, 0.25) is 0 Å². The zero-order valence-corrected chi connectivity index (χ0v) is 10.6. The van der Waals surface area contributed by atoms with E-state index in [1.807, 2.05) is 6.07 Å². The second-order valence-electron chi connectivity index (χ2n) is 4.16. The molecule has 0 aliphatic heterocycles. The maximum atomic E-state index is 11.2. The van der Waals surface area contributed by atoms with E-state index in [2.05, 4.69) is 25.3 Å². The van der Waals surface area contributed by atoms with Crippen molar-refractivity contribution in [3.63, 3.8) is 0 Å². The SMILES string of the molecule is CNc1cc(C#N)nc(-c2ccc3[nH]c(=O)[nH]c3c2)n1. The summed E-state index contributed by atoms with van der Waals surface area (Å²) in [5, 5.41) is 11.9. The Bertz CT molecular complexity index is 886. The largest absolute Gasteiger partial charge is 0.373 e. The molecule has 20 heavy (non-hydrogen) atoms. The minimum Gasteiger partial charge on any atom is -0.373 e. The van der Waals surface area contributed by atoms with Crippen LogP contribution >= 0.6 is 0 Å². The van der Waals surface area contributed by atoms with Crippen LogP contribution in [-0.4, -0.2) is 27.0 Å². The van der Waals surface area contributed by atoms with Crippen LogP contribution in [0.15, 0.2) is 29.1 Å². The van der Waals surface area contributed by atoms with Crippen molar-refractivity contribution in [2.45, 2.75) is 0 Å². The number of hydrogen-bond acceptors (Lipinski definition) is 5. The predicted octanol–water partition coefficient (Wildman–Crippen LogP) is 1.23. The number of aromatic amines is 2. The molecule has 0 amide bonds. The topological polar surface area (TPSA) is 110 Å². The van der Waals surface area contributed by atoms with E-state index < -0.39 is 0 Å². The molecule has 98 valence electrons. The molecule has 0 fully saturated rings. The van der Waals surface area contributed by atoms with E-state index in [0.717, 1.165) is 5.56 Å². The van der Waals surface area contributed by atoms with Gasteiger partial charge < -0.3 is 15.3 Å². The Morgan fingerprint density at radius 3 is 2.75 bits per heavy atom. The van der Waals surface area contributed by atoms with E-state index in [-0.39, 0.29) is 11.4 Å². The van der Waals surface area contributed by atoms with E-state index >= 15 is 0 Å². The number of fused-ring (bicyclic) bond motifs is 1. The molecule has 3 aromatic rings. The molecule has 7 heteroatoms. The molecule has 0 aliphatic carbocycles. The maximum Gasteiger partial charge on any atom is 0.323 e. The molecule has 0 unspecified atom stereocenters. The normalized spacial score (nSPS) is 10.4. The zero-order chi connectivity index (χ0) is 14.1. The molecular formula is C13H10N6O. The van der Waals surface area contributed by atoms with Crippen molar-refractivity contribution >= 4 is 16.9 Å². The summed E-state index contributed by atoms with van der Waals surface area (Å²) in [6.07, 6.45) is 0. The highest BCUT2D eigenvalue weighted by molar-refractivity contribution is 5.80. The van der Waals surface area contributed by atoms with Gasteiger partial charge in [0.15, 0.2) is 5.82 Å². The number of imidazole rings is 1. The summed E-state index contributed by atoms with van der Waals surface area (Å²) in [5.74, 6) is 0.992. The number of rotatable bonds is 2. The Morgan fingerprint density at radius 2 is 2.00 bits per heavy atom. The van der Waals surface area contributed by atoms with Crippen molar-refractivity contribution in [1.29, 1.82) is 5.26 Å². The van der Waals surface area contributed by atoms with Gasteiger partial charge in [0, 0.05) is 18.7 Å². The molecule has 7 nitrogen and oxygen atoms in total. The monoisotopic (exact) mass is 266 g/mol. The number of nitrogens with zero attached hydrogens (tertiary/aromatic N) is 3.